The summed E-state index contributed by atoms with van der Waals surface area (Å²) in [5.74, 6) is 0.758. The summed E-state index contributed by atoms with van der Waals surface area (Å²) >= 11 is 0. The maximum absolute atomic E-state index is 9.05. The van der Waals surface area contributed by atoms with Gasteiger partial charge in [-0.05, 0) is 13.3 Å². The summed E-state index contributed by atoms with van der Waals surface area (Å²) in [5.41, 5.74) is 1.67. The molecule has 0 atom stereocenters. The van der Waals surface area contributed by atoms with Gasteiger partial charge in [0.1, 0.15) is 5.75 Å². The summed E-state index contributed by atoms with van der Waals surface area (Å²) in [6.45, 7) is 4.71. The molecule has 0 aromatic carbocycles. The van der Waals surface area contributed by atoms with Gasteiger partial charge in [-0.2, -0.15) is 0 Å². The first-order valence-corrected chi connectivity index (χ1v) is 4.97. The lowest BCUT2D eigenvalue weighted by Crippen LogP contribution is -2.01. The zero-order valence-electron chi connectivity index (χ0n) is 8.79. The summed E-state index contributed by atoms with van der Waals surface area (Å²) in [7, 11) is 0. The van der Waals surface area contributed by atoms with E-state index in [1.165, 1.54) is 0 Å². The smallest absolute Gasteiger partial charge is 0.128 e. The van der Waals surface area contributed by atoms with Crippen LogP contribution in [0.15, 0.2) is 12.3 Å². The molecule has 0 aliphatic carbocycles. The third-order valence-electron chi connectivity index (χ3n) is 2.01. The number of nitrogens with zero attached hydrogens (tertiary/aromatic N) is 1. The second kappa shape index (κ2) is 5.60. The van der Waals surface area contributed by atoms with Crippen molar-refractivity contribution in [3.05, 3.63) is 23.5 Å². The normalized spacial score (nSPS) is 10.2. The van der Waals surface area contributed by atoms with Crippen molar-refractivity contribution in [2.75, 3.05) is 6.61 Å². The Balaban J connectivity index is 2.67. The van der Waals surface area contributed by atoms with E-state index in [0.29, 0.717) is 6.61 Å². The standard InChI is InChI=1S/C11H17NO2/c1-3-4-5-14-11-6-9(2)12-7-10(11)8-13/h6-7,13H,3-5,8H2,1-2H3. The van der Waals surface area contributed by atoms with Gasteiger partial charge >= 0.3 is 0 Å². The Hall–Kier alpha value is -1.09. The minimum Gasteiger partial charge on any atom is -0.493 e. The molecule has 0 saturated carbocycles. The number of unbranched alkanes of at least 4 members (excludes halogenated alkanes) is 1. The van der Waals surface area contributed by atoms with Crippen LogP contribution in [0.5, 0.6) is 5.75 Å². The highest BCUT2D eigenvalue weighted by atomic mass is 16.5. The van der Waals surface area contributed by atoms with E-state index in [4.69, 9.17) is 9.84 Å². The summed E-state index contributed by atoms with van der Waals surface area (Å²) in [6, 6.07) is 1.86. The predicted molar refractivity (Wildman–Crippen MR) is 55.3 cm³/mol. The fraction of sp³-hybridized carbons (Fsp3) is 0.545. The molecule has 1 aromatic rings. The average Bonchev–Trinajstić information content (AvgIpc) is 2.19. The molecule has 0 amide bonds. The number of aromatic nitrogens is 1. The largest absolute Gasteiger partial charge is 0.493 e. The fourth-order valence-electron chi connectivity index (χ4n) is 1.14. The summed E-state index contributed by atoms with van der Waals surface area (Å²) in [4.78, 5) is 4.10. The maximum atomic E-state index is 9.05. The van der Waals surface area contributed by atoms with Gasteiger partial charge in [0.15, 0.2) is 0 Å². The molecule has 0 spiro atoms. The second-order valence-electron chi connectivity index (χ2n) is 3.29. The van der Waals surface area contributed by atoms with Crippen molar-refractivity contribution in [3.63, 3.8) is 0 Å². The lowest BCUT2D eigenvalue weighted by Gasteiger charge is -2.09. The van der Waals surface area contributed by atoms with Crippen molar-refractivity contribution in [1.82, 2.24) is 4.98 Å². The van der Waals surface area contributed by atoms with Crippen LogP contribution >= 0.6 is 0 Å². The number of pyridine rings is 1. The first-order chi connectivity index (χ1) is 6.77. The van der Waals surface area contributed by atoms with Crippen LogP contribution in [0.4, 0.5) is 0 Å². The van der Waals surface area contributed by atoms with Gasteiger partial charge in [-0.3, -0.25) is 4.98 Å². The van der Waals surface area contributed by atoms with Gasteiger partial charge in [0, 0.05) is 23.5 Å². The van der Waals surface area contributed by atoms with Crippen LogP contribution in [0.2, 0.25) is 0 Å². The van der Waals surface area contributed by atoms with Crippen molar-refractivity contribution in [1.29, 1.82) is 0 Å². The fourth-order valence-corrected chi connectivity index (χ4v) is 1.14. The van der Waals surface area contributed by atoms with Crippen LogP contribution in [0, 0.1) is 6.92 Å². The van der Waals surface area contributed by atoms with E-state index in [0.717, 1.165) is 29.8 Å². The van der Waals surface area contributed by atoms with Crippen molar-refractivity contribution in [3.8, 4) is 5.75 Å². The number of aliphatic hydroxyl groups is 1. The molecule has 1 heterocycles. The first kappa shape index (κ1) is 11.0. The predicted octanol–water partition coefficient (Wildman–Crippen LogP) is 2.06. The van der Waals surface area contributed by atoms with E-state index in [-0.39, 0.29) is 6.61 Å². The van der Waals surface area contributed by atoms with Crippen molar-refractivity contribution in [2.24, 2.45) is 0 Å². The molecule has 1 aromatic heterocycles. The molecule has 3 nitrogen and oxygen atoms in total. The number of rotatable bonds is 5. The highest BCUT2D eigenvalue weighted by Crippen LogP contribution is 2.18. The molecule has 1 rings (SSSR count). The van der Waals surface area contributed by atoms with Crippen LogP contribution in [-0.2, 0) is 6.61 Å². The molecule has 14 heavy (non-hydrogen) atoms. The summed E-state index contributed by atoms with van der Waals surface area (Å²) in [5, 5.41) is 9.05. The maximum Gasteiger partial charge on any atom is 0.128 e. The molecular formula is C11H17NO2. The summed E-state index contributed by atoms with van der Waals surface area (Å²) < 4.78 is 5.55. The molecule has 0 fully saturated rings. The number of aliphatic hydroxyl groups excluding tert-OH is 1. The quantitative estimate of drug-likeness (QED) is 0.731. The van der Waals surface area contributed by atoms with E-state index in [9.17, 15) is 0 Å². The van der Waals surface area contributed by atoms with Gasteiger partial charge in [0.25, 0.3) is 0 Å². The zero-order valence-corrected chi connectivity index (χ0v) is 8.79. The minimum atomic E-state index is -0.0191. The molecule has 0 aliphatic rings. The Morgan fingerprint density at radius 2 is 2.29 bits per heavy atom. The molecule has 3 heteroatoms. The number of ether oxygens (including phenoxy) is 1. The van der Waals surface area contributed by atoms with Gasteiger partial charge in [0.05, 0.1) is 13.2 Å². The molecule has 1 N–H and O–H groups in total. The SMILES string of the molecule is CCCCOc1cc(C)ncc1CO. The molecule has 78 valence electrons. The van der Waals surface area contributed by atoms with Crippen LogP contribution in [0.1, 0.15) is 31.0 Å². The monoisotopic (exact) mass is 195 g/mol. The van der Waals surface area contributed by atoms with E-state index >= 15 is 0 Å². The van der Waals surface area contributed by atoms with Crippen molar-refractivity contribution in [2.45, 2.75) is 33.3 Å². The summed E-state index contributed by atoms with van der Waals surface area (Å²) in [6.07, 6.45) is 3.81. The topological polar surface area (TPSA) is 42.4 Å². The molecule has 0 radical (unpaired) electrons. The van der Waals surface area contributed by atoms with Crippen LogP contribution in [0.25, 0.3) is 0 Å². The Morgan fingerprint density at radius 3 is 2.93 bits per heavy atom. The van der Waals surface area contributed by atoms with Crippen LogP contribution < -0.4 is 4.74 Å². The van der Waals surface area contributed by atoms with Gasteiger partial charge in [-0.15, -0.1) is 0 Å². The van der Waals surface area contributed by atoms with E-state index < -0.39 is 0 Å². The second-order valence-corrected chi connectivity index (χ2v) is 3.29. The van der Waals surface area contributed by atoms with E-state index in [1.807, 2.05) is 13.0 Å². The number of aryl methyl sites for hydroxylation is 1. The highest BCUT2D eigenvalue weighted by Gasteiger charge is 2.03. The zero-order chi connectivity index (χ0) is 10.4. The van der Waals surface area contributed by atoms with Gasteiger partial charge in [-0.25, -0.2) is 0 Å². The molecular weight excluding hydrogens is 178 g/mol. The Kier molecular flexibility index (Phi) is 4.40. The van der Waals surface area contributed by atoms with Gasteiger partial charge < -0.3 is 9.84 Å². The van der Waals surface area contributed by atoms with Crippen molar-refractivity contribution < 1.29 is 9.84 Å². The third kappa shape index (κ3) is 3.00. The molecule has 0 saturated heterocycles. The van der Waals surface area contributed by atoms with Gasteiger partial charge in [-0.1, -0.05) is 13.3 Å². The van der Waals surface area contributed by atoms with E-state index in [2.05, 4.69) is 11.9 Å². The van der Waals surface area contributed by atoms with Crippen molar-refractivity contribution >= 4 is 0 Å². The average molecular weight is 195 g/mol. The Labute approximate surface area is 84.7 Å². The van der Waals surface area contributed by atoms with Crippen LogP contribution in [-0.4, -0.2) is 16.7 Å². The molecule has 0 bridgehead atoms. The number of hydrogen-bond acceptors (Lipinski definition) is 3. The number of hydrogen-bond donors (Lipinski definition) is 1. The lowest BCUT2D eigenvalue weighted by atomic mass is 10.2. The lowest BCUT2D eigenvalue weighted by molar-refractivity contribution is 0.260. The molecule has 0 aliphatic heterocycles. The third-order valence-corrected chi connectivity index (χ3v) is 2.01. The van der Waals surface area contributed by atoms with Crippen LogP contribution in [0.3, 0.4) is 0 Å². The Morgan fingerprint density at radius 1 is 1.50 bits per heavy atom. The highest BCUT2D eigenvalue weighted by molar-refractivity contribution is 5.32. The molecule has 0 unspecified atom stereocenters. The van der Waals surface area contributed by atoms with Gasteiger partial charge in [0.2, 0.25) is 0 Å². The first-order valence-electron chi connectivity index (χ1n) is 4.97. The van der Waals surface area contributed by atoms with E-state index in [1.54, 1.807) is 6.20 Å². The Bertz CT molecular complexity index is 287. The minimum absolute atomic E-state index is 0.0191.